The van der Waals surface area contributed by atoms with Crippen LogP contribution in [0.3, 0.4) is 0 Å². The second-order valence-corrected chi connectivity index (χ2v) is 6.09. The van der Waals surface area contributed by atoms with Gasteiger partial charge in [0, 0.05) is 21.7 Å². The molecule has 0 aliphatic heterocycles. The Balaban J connectivity index is 2.32. The van der Waals surface area contributed by atoms with Crippen LogP contribution in [0.25, 0.3) is 10.9 Å². The van der Waals surface area contributed by atoms with Crippen LogP contribution in [0.15, 0.2) is 36.4 Å². The van der Waals surface area contributed by atoms with Gasteiger partial charge >= 0.3 is 0 Å². The van der Waals surface area contributed by atoms with Crippen LogP contribution in [-0.2, 0) is 0 Å². The first-order valence-corrected chi connectivity index (χ1v) is 7.88. The molecule has 0 spiro atoms. The summed E-state index contributed by atoms with van der Waals surface area (Å²) in [6, 6.07) is 10.2. The molecule has 0 saturated carbocycles. The molecule has 0 aliphatic carbocycles. The van der Waals surface area contributed by atoms with Gasteiger partial charge in [0.1, 0.15) is 5.75 Å². The van der Waals surface area contributed by atoms with Crippen molar-refractivity contribution in [2.75, 3.05) is 7.11 Å². The Labute approximate surface area is 148 Å². The van der Waals surface area contributed by atoms with E-state index in [1.807, 2.05) is 12.1 Å². The number of halogens is 2. The van der Waals surface area contributed by atoms with E-state index in [0.29, 0.717) is 27.2 Å². The number of rotatable bonds is 3. The van der Waals surface area contributed by atoms with Crippen molar-refractivity contribution in [3.8, 4) is 5.75 Å². The maximum Gasteiger partial charge on any atom is 0.266 e. The molecule has 3 rings (SSSR count). The Hall–Kier alpha value is -2.30. The Bertz CT molecular complexity index is 976. The van der Waals surface area contributed by atoms with E-state index >= 15 is 0 Å². The van der Waals surface area contributed by atoms with Gasteiger partial charge in [0.15, 0.2) is 6.29 Å². The number of carbonyl (C=O) groups excluding carboxylic acids is 2. The van der Waals surface area contributed by atoms with Crippen molar-refractivity contribution >= 4 is 46.3 Å². The van der Waals surface area contributed by atoms with E-state index in [4.69, 9.17) is 27.9 Å². The predicted octanol–water partition coefficient (Wildman–Crippen LogP) is 4.77. The minimum absolute atomic E-state index is 0.233. The van der Waals surface area contributed by atoms with Gasteiger partial charge in [-0.3, -0.25) is 14.2 Å². The fourth-order valence-electron chi connectivity index (χ4n) is 2.85. The molecule has 0 radical (unpaired) electrons. The third-order valence-electron chi connectivity index (χ3n) is 3.92. The number of aldehydes is 1. The van der Waals surface area contributed by atoms with Gasteiger partial charge in [0.05, 0.1) is 23.2 Å². The highest BCUT2D eigenvalue weighted by Crippen LogP contribution is 2.34. The molecule has 0 fully saturated rings. The normalized spacial score (nSPS) is 10.8. The maximum absolute atomic E-state index is 13.1. The quantitative estimate of drug-likeness (QED) is 0.631. The summed E-state index contributed by atoms with van der Waals surface area (Å²) >= 11 is 12.2. The third-order valence-corrected chi connectivity index (χ3v) is 4.42. The molecule has 1 aromatic heterocycles. The van der Waals surface area contributed by atoms with E-state index in [2.05, 4.69) is 0 Å². The highest BCUT2D eigenvalue weighted by molar-refractivity contribution is 6.36. The fourth-order valence-corrected chi connectivity index (χ4v) is 3.42. The summed E-state index contributed by atoms with van der Waals surface area (Å²) in [4.78, 5) is 24.6. The van der Waals surface area contributed by atoms with Gasteiger partial charge < -0.3 is 4.74 Å². The number of fused-ring (bicyclic) bond motifs is 1. The van der Waals surface area contributed by atoms with E-state index < -0.39 is 0 Å². The number of hydrogen-bond donors (Lipinski definition) is 0. The van der Waals surface area contributed by atoms with Crippen LogP contribution in [0, 0.1) is 6.92 Å². The molecule has 0 unspecified atom stereocenters. The average molecular weight is 362 g/mol. The molecule has 0 bridgehead atoms. The van der Waals surface area contributed by atoms with Crippen molar-refractivity contribution in [1.82, 2.24) is 4.57 Å². The van der Waals surface area contributed by atoms with Crippen molar-refractivity contribution in [2.45, 2.75) is 6.92 Å². The molecule has 0 aliphatic rings. The van der Waals surface area contributed by atoms with Crippen LogP contribution < -0.4 is 4.74 Å². The van der Waals surface area contributed by atoms with Gasteiger partial charge in [0.25, 0.3) is 5.91 Å². The molecule has 2 aromatic carbocycles. The SMILES string of the molecule is COc1c(Cl)cc(Cl)cc1C(=O)n1c(C)c(C=O)c2ccccc21. The number of nitrogens with zero attached hydrogens (tertiary/aromatic N) is 1. The van der Waals surface area contributed by atoms with E-state index in [1.54, 1.807) is 19.1 Å². The molecular weight excluding hydrogens is 349 g/mol. The monoisotopic (exact) mass is 361 g/mol. The van der Waals surface area contributed by atoms with Crippen molar-refractivity contribution in [1.29, 1.82) is 0 Å². The third kappa shape index (κ3) is 2.48. The van der Waals surface area contributed by atoms with Crippen LogP contribution in [0.4, 0.5) is 0 Å². The lowest BCUT2D eigenvalue weighted by molar-refractivity contribution is 0.0960. The zero-order valence-corrected chi connectivity index (χ0v) is 14.5. The van der Waals surface area contributed by atoms with E-state index in [0.717, 1.165) is 6.29 Å². The number of carbonyl (C=O) groups is 2. The van der Waals surface area contributed by atoms with Crippen molar-refractivity contribution in [2.24, 2.45) is 0 Å². The summed E-state index contributed by atoms with van der Waals surface area (Å²) in [7, 11) is 1.43. The molecule has 6 heteroatoms. The first-order valence-electron chi connectivity index (χ1n) is 7.12. The van der Waals surface area contributed by atoms with Crippen LogP contribution >= 0.6 is 23.2 Å². The first kappa shape index (κ1) is 16.6. The van der Waals surface area contributed by atoms with E-state index in [-0.39, 0.29) is 22.2 Å². The van der Waals surface area contributed by atoms with Gasteiger partial charge in [-0.2, -0.15) is 0 Å². The van der Waals surface area contributed by atoms with Crippen LogP contribution in [0.5, 0.6) is 5.75 Å². The molecule has 1 heterocycles. The summed E-state index contributed by atoms with van der Waals surface area (Å²) < 4.78 is 6.74. The Morgan fingerprint density at radius 1 is 1.21 bits per heavy atom. The summed E-state index contributed by atoms with van der Waals surface area (Å²) in [5.41, 5.74) is 1.90. The number of ether oxygens (including phenoxy) is 1. The summed E-state index contributed by atoms with van der Waals surface area (Å²) in [6.07, 6.45) is 0.754. The minimum atomic E-state index is -0.363. The molecule has 24 heavy (non-hydrogen) atoms. The summed E-state index contributed by atoms with van der Waals surface area (Å²) in [5, 5.41) is 1.29. The number of hydrogen-bond acceptors (Lipinski definition) is 3. The van der Waals surface area contributed by atoms with Gasteiger partial charge in [-0.1, -0.05) is 41.4 Å². The molecule has 4 nitrogen and oxygen atoms in total. The summed E-state index contributed by atoms with van der Waals surface area (Å²) in [5.74, 6) is -0.117. The Morgan fingerprint density at radius 3 is 2.58 bits per heavy atom. The first-order chi connectivity index (χ1) is 11.5. The molecule has 0 N–H and O–H groups in total. The van der Waals surface area contributed by atoms with Gasteiger partial charge in [-0.05, 0) is 25.1 Å². The number of methoxy groups -OCH3 is 1. The highest BCUT2D eigenvalue weighted by Gasteiger charge is 2.23. The fraction of sp³-hybridized carbons (Fsp3) is 0.111. The highest BCUT2D eigenvalue weighted by atomic mass is 35.5. The topological polar surface area (TPSA) is 48.3 Å². The number of aromatic nitrogens is 1. The average Bonchev–Trinajstić information content (AvgIpc) is 2.84. The van der Waals surface area contributed by atoms with Crippen molar-refractivity contribution in [3.05, 3.63) is 63.3 Å². The largest absolute Gasteiger partial charge is 0.494 e. The number of para-hydroxylation sites is 1. The van der Waals surface area contributed by atoms with E-state index in [9.17, 15) is 9.59 Å². The molecule has 122 valence electrons. The Morgan fingerprint density at radius 2 is 1.92 bits per heavy atom. The number of benzene rings is 2. The summed E-state index contributed by atoms with van der Waals surface area (Å²) in [6.45, 7) is 1.72. The lowest BCUT2D eigenvalue weighted by atomic mass is 10.1. The zero-order chi connectivity index (χ0) is 17.4. The molecule has 0 amide bonds. The second kappa shape index (κ2) is 6.30. The molecular formula is C18H13Cl2NO3. The van der Waals surface area contributed by atoms with Crippen LogP contribution in [-0.4, -0.2) is 23.9 Å². The second-order valence-electron chi connectivity index (χ2n) is 5.24. The zero-order valence-electron chi connectivity index (χ0n) is 13.0. The lowest BCUT2D eigenvalue weighted by Crippen LogP contribution is -2.15. The molecule has 0 atom stereocenters. The smallest absolute Gasteiger partial charge is 0.266 e. The van der Waals surface area contributed by atoms with Crippen molar-refractivity contribution < 1.29 is 14.3 Å². The van der Waals surface area contributed by atoms with Gasteiger partial charge in [-0.25, -0.2) is 0 Å². The minimum Gasteiger partial charge on any atom is -0.494 e. The maximum atomic E-state index is 13.1. The molecule has 0 saturated heterocycles. The standard InChI is InChI=1S/C18H13Cl2NO3/c1-10-14(9-22)12-5-3-4-6-16(12)21(10)18(23)13-7-11(19)8-15(20)17(13)24-2/h3-9H,1-2H3. The van der Waals surface area contributed by atoms with Gasteiger partial charge in [-0.15, -0.1) is 0 Å². The lowest BCUT2D eigenvalue weighted by Gasteiger charge is -2.12. The van der Waals surface area contributed by atoms with E-state index in [1.165, 1.54) is 23.8 Å². The van der Waals surface area contributed by atoms with Gasteiger partial charge in [0.2, 0.25) is 0 Å². The Kier molecular flexibility index (Phi) is 4.35. The van der Waals surface area contributed by atoms with Crippen molar-refractivity contribution in [3.63, 3.8) is 0 Å². The van der Waals surface area contributed by atoms with Crippen LogP contribution in [0.1, 0.15) is 26.4 Å². The van der Waals surface area contributed by atoms with Crippen LogP contribution in [0.2, 0.25) is 10.0 Å². The predicted molar refractivity (Wildman–Crippen MR) is 94.8 cm³/mol. The molecule has 3 aromatic rings.